The normalized spacial score (nSPS) is 11.7. The van der Waals surface area contributed by atoms with Crippen molar-refractivity contribution in [1.29, 1.82) is 0 Å². The average Bonchev–Trinajstić information content (AvgIpc) is 3.06. The Bertz CT molecular complexity index is 1360. The fourth-order valence-electron chi connectivity index (χ4n) is 2.88. The number of fused-ring (bicyclic) bond motifs is 1. The molecule has 5 nitrogen and oxygen atoms in total. The first-order chi connectivity index (χ1) is 15.0. The van der Waals surface area contributed by atoms with Crippen molar-refractivity contribution >= 4 is 44.8 Å². The number of amides is 1. The van der Waals surface area contributed by atoms with Crippen LogP contribution in [0.5, 0.6) is 0 Å². The zero-order valence-corrected chi connectivity index (χ0v) is 17.9. The second-order valence-corrected chi connectivity index (χ2v) is 7.80. The van der Waals surface area contributed by atoms with Crippen molar-refractivity contribution in [2.45, 2.75) is 6.18 Å². The van der Waals surface area contributed by atoms with Gasteiger partial charge in [-0.15, -0.1) is 0 Å². The molecule has 0 spiro atoms. The van der Waals surface area contributed by atoms with Crippen molar-refractivity contribution in [3.63, 3.8) is 0 Å². The second-order valence-electron chi connectivity index (χ2n) is 6.51. The highest BCUT2D eigenvalue weighted by molar-refractivity contribution is 9.10. The Morgan fingerprint density at radius 1 is 1.06 bits per heavy atom. The van der Waals surface area contributed by atoms with Crippen LogP contribution < -0.4 is 5.32 Å². The number of hydrogen-bond acceptors (Lipinski definition) is 3. The van der Waals surface area contributed by atoms with Gasteiger partial charge in [-0.25, -0.2) is 18.3 Å². The van der Waals surface area contributed by atoms with E-state index in [0.29, 0.717) is 20.6 Å². The molecule has 2 aromatic heterocycles. The molecular formula is C20H9BrClF5N4O. The number of nitrogens with one attached hydrogen (secondary N) is 1. The molecule has 12 heteroatoms. The van der Waals surface area contributed by atoms with Crippen molar-refractivity contribution in [3.05, 3.63) is 81.0 Å². The van der Waals surface area contributed by atoms with Gasteiger partial charge in [0.05, 0.1) is 11.4 Å². The van der Waals surface area contributed by atoms with Crippen LogP contribution >= 0.6 is 27.5 Å². The quantitative estimate of drug-likeness (QED) is 0.313. The summed E-state index contributed by atoms with van der Waals surface area (Å²) in [5.74, 6) is -3.04. The Kier molecular flexibility index (Phi) is 5.63. The van der Waals surface area contributed by atoms with Crippen molar-refractivity contribution in [3.8, 4) is 11.3 Å². The summed E-state index contributed by atoms with van der Waals surface area (Å²) in [6.45, 7) is 0. The summed E-state index contributed by atoms with van der Waals surface area (Å²) in [6.07, 6.45) is -4.85. The largest absolute Gasteiger partial charge is 0.433 e. The monoisotopic (exact) mass is 530 g/mol. The van der Waals surface area contributed by atoms with E-state index in [4.69, 9.17) is 11.6 Å². The molecule has 32 heavy (non-hydrogen) atoms. The molecule has 164 valence electrons. The van der Waals surface area contributed by atoms with Crippen molar-refractivity contribution in [2.24, 2.45) is 0 Å². The summed E-state index contributed by atoms with van der Waals surface area (Å²) in [4.78, 5) is 16.7. The van der Waals surface area contributed by atoms with Gasteiger partial charge in [-0.3, -0.25) is 4.79 Å². The van der Waals surface area contributed by atoms with Gasteiger partial charge in [-0.2, -0.15) is 18.3 Å². The Morgan fingerprint density at radius 2 is 1.75 bits per heavy atom. The van der Waals surface area contributed by atoms with Crippen LogP contribution in [0.25, 0.3) is 16.9 Å². The lowest BCUT2D eigenvalue weighted by Crippen LogP contribution is -2.16. The van der Waals surface area contributed by atoms with Crippen molar-refractivity contribution in [1.82, 2.24) is 14.6 Å². The lowest BCUT2D eigenvalue weighted by molar-refractivity contribution is -0.142. The number of benzene rings is 2. The first-order valence-corrected chi connectivity index (χ1v) is 9.90. The topological polar surface area (TPSA) is 59.3 Å². The maximum absolute atomic E-state index is 13.8. The predicted octanol–water partition coefficient (Wildman–Crippen LogP) is 6.36. The molecule has 4 rings (SSSR count). The van der Waals surface area contributed by atoms with E-state index in [-0.39, 0.29) is 5.69 Å². The van der Waals surface area contributed by atoms with E-state index in [2.05, 4.69) is 31.3 Å². The van der Waals surface area contributed by atoms with Crippen LogP contribution in [0.1, 0.15) is 16.2 Å². The van der Waals surface area contributed by atoms with Gasteiger partial charge in [0.15, 0.2) is 17.0 Å². The molecule has 2 heterocycles. The Labute approximate surface area is 190 Å². The zero-order valence-electron chi connectivity index (χ0n) is 15.5. The van der Waals surface area contributed by atoms with Crippen LogP contribution in [-0.4, -0.2) is 20.5 Å². The molecule has 0 saturated heterocycles. The van der Waals surface area contributed by atoms with E-state index in [1.165, 1.54) is 0 Å². The highest BCUT2D eigenvalue weighted by atomic mass is 79.9. The number of alkyl halides is 3. The number of carbonyl (C=O) groups is 1. The van der Waals surface area contributed by atoms with Crippen LogP contribution in [0.3, 0.4) is 0 Å². The first-order valence-electron chi connectivity index (χ1n) is 8.73. The molecule has 1 N–H and O–H groups in total. The van der Waals surface area contributed by atoms with Crippen LogP contribution in [0.15, 0.2) is 53.0 Å². The molecular weight excluding hydrogens is 523 g/mol. The summed E-state index contributed by atoms with van der Waals surface area (Å²) in [5.41, 5.74) is -2.31. The summed E-state index contributed by atoms with van der Waals surface area (Å²) in [7, 11) is 0. The minimum Gasteiger partial charge on any atom is -0.318 e. The third-order valence-electron chi connectivity index (χ3n) is 4.36. The molecule has 0 unspecified atom stereocenters. The summed E-state index contributed by atoms with van der Waals surface area (Å²) in [5, 5.41) is 5.30. The molecule has 0 aliphatic carbocycles. The molecule has 0 atom stereocenters. The van der Waals surface area contributed by atoms with Gasteiger partial charge < -0.3 is 5.32 Å². The van der Waals surface area contributed by atoms with Crippen molar-refractivity contribution < 1.29 is 26.7 Å². The number of carbonyl (C=O) groups excluding carboxylic acids is 1. The van der Waals surface area contributed by atoms with Gasteiger partial charge in [-0.1, -0.05) is 39.7 Å². The lowest BCUT2D eigenvalue weighted by Gasteiger charge is -2.11. The summed E-state index contributed by atoms with van der Waals surface area (Å²) in [6, 6.07) is 9.53. The minimum atomic E-state index is -4.85. The van der Waals surface area contributed by atoms with Crippen LogP contribution in [0.4, 0.5) is 27.6 Å². The number of anilines is 1. The van der Waals surface area contributed by atoms with Gasteiger partial charge in [0.2, 0.25) is 0 Å². The van der Waals surface area contributed by atoms with E-state index in [0.717, 1.165) is 18.2 Å². The summed E-state index contributed by atoms with van der Waals surface area (Å²) < 4.78 is 69.2. The van der Waals surface area contributed by atoms with Gasteiger partial charge in [0, 0.05) is 16.1 Å². The molecule has 1 amide bonds. The highest BCUT2D eigenvalue weighted by Crippen LogP contribution is 2.35. The predicted molar refractivity (Wildman–Crippen MR) is 110 cm³/mol. The second kappa shape index (κ2) is 8.14. The van der Waals surface area contributed by atoms with Gasteiger partial charge in [0.25, 0.3) is 5.91 Å². The highest BCUT2D eigenvalue weighted by Gasteiger charge is 2.36. The number of rotatable bonds is 3. The molecule has 0 saturated carbocycles. The zero-order chi connectivity index (χ0) is 23.2. The SMILES string of the molecule is O=C(Nc1ccc(F)cc1F)c1nn2c(C(F)(F)F)cc(-c3ccc(Br)cc3)nc2c1Cl. The Morgan fingerprint density at radius 3 is 2.38 bits per heavy atom. The first kappa shape index (κ1) is 22.2. The molecule has 0 radical (unpaired) electrons. The van der Waals surface area contributed by atoms with Crippen LogP contribution in [0.2, 0.25) is 5.02 Å². The molecule has 0 aliphatic rings. The third-order valence-corrected chi connectivity index (χ3v) is 5.23. The number of nitrogens with zero attached hydrogens (tertiary/aromatic N) is 3. The molecule has 0 bridgehead atoms. The third kappa shape index (κ3) is 4.17. The Hall–Kier alpha value is -3.05. The standard InChI is InChI=1S/C20H9BrClF5N4O/c21-10-3-1-9(2-4-10)14-8-15(20(25,26)27)31-18(28-14)16(22)17(30-31)19(32)29-13-6-5-11(23)7-12(13)24/h1-8H,(H,29,32). The van der Waals surface area contributed by atoms with Gasteiger partial charge in [0.1, 0.15) is 16.7 Å². The van der Waals surface area contributed by atoms with Gasteiger partial charge >= 0.3 is 6.18 Å². The molecule has 4 aromatic rings. The fourth-order valence-corrected chi connectivity index (χ4v) is 3.39. The van der Waals surface area contributed by atoms with E-state index in [1.807, 2.05) is 0 Å². The maximum atomic E-state index is 13.8. The number of halogens is 7. The van der Waals surface area contributed by atoms with Crippen LogP contribution in [-0.2, 0) is 6.18 Å². The van der Waals surface area contributed by atoms with Gasteiger partial charge in [-0.05, 0) is 30.3 Å². The molecule has 0 fully saturated rings. The molecule has 0 aliphatic heterocycles. The van der Waals surface area contributed by atoms with E-state index in [1.54, 1.807) is 24.3 Å². The summed E-state index contributed by atoms with van der Waals surface area (Å²) >= 11 is 9.40. The number of hydrogen-bond donors (Lipinski definition) is 1. The van der Waals surface area contributed by atoms with Crippen LogP contribution in [0, 0.1) is 11.6 Å². The average molecular weight is 532 g/mol. The Balaban J connectivity index is 1.84. The molecule has 2 aromatic carbocycles. The maximum Gasteiger partial charge on any atom is 0.433 e. The smallest absolute Gasteiger partial charge is 0.318 e. The lowest BCUT2D eigenvalue weighted by atomic mass is 10.1. The van der Waals surface area contributed by atoms with E-state index in [9.17, 15) is 26.7 Å². The van der Waals surface area contributed by atoms with Crippen molar-refractivity contribution in [2.75, 3.05) is 5.32 Å². The fraction of sp³-hybridized carbons (Fsp3) is 0.0500. The number of aromatic nitrogens is 3. The van der Waals surface area contributed by atoms with E-state index < -0.39 is 51.5 Å². The van der Waals surface area contributed by atoms with E-state index >= 15 is 0 Å². The minimum absolute atomic E-state index is 0.0457.